The summed E-state index contributed by atoms with van der Waals surface area (Å²) >= 11 is 5.87. The van der Waals surface area contributed by atoms with Crippen molar-refractivity contribution in [3.05, 3.63) is 34.7 Å². The summed E-state index contributed by atoms with van der Waals surface area (Å²) in [7, 11) is 0. The van der Waals surface area contributed by atoms with Gasteiger partial charge in [0, 0.05) is 64.7 Å². The van der Waals surface area contributed by atoms with Crippen LogP contribution in [0.5, 0.6) is 11.8 Å². The standard InChI is InChI=1S/C29H31ClF4N6O3/c30-21-10-18(41)9-19(22(21)29(32,33)34)24-23(31)25-20(11-35-24)26(40-12-16-1-2-17(13-40)36-16)38-27(37-25)43-15-28(3-4-28)14-39-5-7-42-8-6-39/h9-11,16-17,36,41H,1-8,12-15H2/t16-,17+/i14D2,15D2. The summed E-state index contributed by atoms with van der Waals surface area (Å²) in [6.45, 7) is -2.79. The van der Waals surface area contributed by atoms with Crippen LogP contribution in [0.3, 0.4) is 0 Å². The molecule has 0 radical (unpaired) electrons. The van der Waals surface area contributed by atoms with Gasteiger partial charge >= 0.3 is 12.2 Å². The minimum absolute atomic E-state index is 0.0602. The number of phenols is 1. The maximum absolute atomic E-state index is 16.5. The van der Waals surface area contributed by atoms with Crippen LogP contribution >= 0.6 is 11.6 Å². The molecule has 43 heavy (non-hydrogen) atoms. The monoisotopic (exact) mass is 626 g/mol. The average Bonchev–Trinajstić information content (AvgIpc) is 3.77. The molecule has 9 nitrogen and oxygen atoms in total. The second-order valence-corrected chi connectivity index (χ2v) is 11.8. The van der Waals surface area contributed by atoms with E-state index in [1.165, 1.54) is 4.90 Å². The number of nitrogens with zero attached hydrogens (tertiary/aromatic N) is 5. The van der Waals surface area contributed by atoms with Crippen molar-refractivity contribution in [1.82, 2.24) is 25.2 Å². The minimum atomic E-state index is -5.03. The Morgan fingerprint density at radius 2 is 1.88 bits per heavy atom. The Labute approximate surface area is 255 Å². The predicted molar refractivity (Wildman–Crippen MR) is 151 cm³/mol. The average molecular weight is 627 g/mol. The van der Waals surface area contributed by atoms with Gasteiger partial charge in [0.2, 0.25) is 0 Å². The van der Waals surface area contributed by atoms with Crippen LogP contribution in [0.25, 0.3) is 22.2 Å². The van der Waals surface area contributed by atoms with Gasteiger partial charge in [0.05, 0.1) is 38.5 Å². The van der Waals surface area contributed by atoms with Crippen molar-refractivity contribution in [3.8, 4) is 23.0 Å². The molecule has 3 aliphatic heterocycles. The zero-order chi connectivity index (χ0) is 33.5. The van der Waals surface area contributed by atoms with Crippen LogP contribution in [-0.4, -0.2) is 89.5 Å². The van der Waals surface area contributed by atoms with Crippen molar-refractivity contribution in [1.29, 1.82) is 0 Å². The van der Waals surface area contributed by atoms with Crippen LogP contribution < -0.4 is 15.0 Å². The number of halogens is 5. The van der Waals surface area contributed by atoms with Gasteiger partial charge in [0.1, 0.15) is 22.8 Å². The molecular weight excluding hydrogens is 592 g/mol. The number of anilines is 1. The lowest BCUT2D eigenvalue weighted by atomic mass is 10.0. The number of phenolic OH excluding ortho intramolecular Hbond substituents is 1. The molecule has 0 spiro atoms. The van der Waals surface area contributed by atoms with E-state index in [1.807, 2.05) is 4.90 Å². The largest absolute Gasteiger partial charge is 0.508 e. The molecule has 2 aromatic heterocycles. The van der Waals surface area contributed by atoms with Crippen LogP contribution in [0, 0.1) is 11.2 Å². The van der Waals surface area contributed by atoms with Crippen molar-refractivity contribution in [2.45, 2.75) is 43.9 Å². The fourth-order valence-corrected chi connectivity index (χ4v) is 6.34. The molecule has 14 heteroatoms. The zero-order valence-electron chi connectivity index (χ0n) is 26.8. The van der Waals surface area contributed by atoms with E-state index in [2.05, 4.69) is 20.3 Å². The lowest BCUT2D eigenvalue weighted by Gasteiger charge is -2.34. The first-order valence-corrected chi connectivity index (χ1v) is 14.5. The van der Waals surface area contributed by atoms with E-state index in [9.17, 15) is 18.3 Å². The maximum Gasteiger partial charge on any atom is 0.418 e. The lowest BCUT2D eigenvalue weighted by molar-refractivity contribution is -0.137. The fourth-order valence-electron chi connectivity index (χ4n) is 6.02. The second-order valence-electron chi connectivity index (χ2n) is 11.4. The molecule has 0 unspecified atom stereocenters. The van der Waals surface area contributed by atoms with Crippen LogP contribution in [0.2, 0.25) is 5.02 Å². The number of ether oxygens (including phenoxy) is 2. The number of piperazine rings is 1. The number of hydrogen-bond acceptors (Lipinski definition) is 9. The smallest absolute Gasteiger partial charge is 0.418 e. The molecule has 4 fully saturated rings. The molecule has 3 aromatic rings. The van der Waals surface area contributed by atoms with Gasteiger partial charge in [-0.15, -0.1) is 0 Å². The van der Waals surface area contributed by atoms with E-state index < -0.39 is 69.6 Å². The van der Waals surface area contributed by atoms with E-state index in [4.69, 9.17) is 26.6 Å². The maximum atomic E-state index is 16.5. The molecule has 0 amide bonds. The molecule has 230 valence electrons. The van der Waals surface area contributed by atoms with Crippen molar-refractivity contribution in [3.63, 3.8) is 0 Å². The van der Waals surface area contributed by atoms with E-state index in [1.54, 1.807) is 0 Å². The first-order chi connectivity index (χ1) is 22.1. The molecule has 2 bridgehead atoms. The van der Waals surface area contributed by atoms with Crippen LogP contribution in [0.1, 0.15) is 36.7 Å². The first kappa shape index (κ1) is 24.3. The normalized spacial score (nSPS) is 25.7. The molecule has 1 aromatic carbocycles. The number of fused-ring (bicyclic) bond motifs is 3. The second kappa shape index (κ2) is 10.9. The first-order valence-electron chi connectivity index (χ1n) is 16.1. The van der Waals surface area contributed by atoms with E-state index in [0.717, 1.165) is 19.0 Å². The molecule has 1 aliphatic carbocycles. The highest BCUT2D eigenvalue weighted by Crippen LogP contribution is 2.47. The third-order valence-electron chi connectivity index (χ3n) is 8.24. The quantitative estimate of drug-likeness (QED) is 0.364. The summed E-state index contributed by atoms with van der Waals surface area (Å²) in [5.41, 5.74) is -5.08. The number of pyridine rings is 1. The third-order valence-corrected chi connectivity index (χ3v) is 8.54. The SMILES string of the molecule is [2H]C([2H])(Oc1nc(N2C[C@H]3CC[C@@H](C2)N3)c2cnc(-c3cc(O)cc(Cl)c3C(F)(F)F)c(F)c2n1)C1(C([2H])([2H])N2CCOCC2)CC1. The molecule has 3 saturated heterocycles. The number of benzene rings is 1. The number of nitrogens with one attached hydrogen (secondary N) is 1. The van der Waals surface area contributed by atoms with Gasteiger partial charge < -0.3 is 24.8 Å². The number of aromatic hydroxyl groups is 1. The highest BCUT2D eigenvalue weighted by Gasteiger charge is 2.45. The van der Waals surface area contributed by atoms with Crippen molar-refractivity contribution < 1.29 is 37.6 Å². The Morgan fingerprint density at radius 3 is 2.56 bits per heavy atom. The summed E-state index contributed by atoms with van der Waals surface area (Å²) in [4.78, 5) is 16.1. The fraction of sp³-hybridized carbons (Fsp3) is 0.552. The van der Waals surface area contributed by atoms with Gasteiger partial charge in [0.25, 0.3) is 0 Å². The highest BCUT2D eigenvalue weighted by atomic mass is 35.5. The van der Waals surface area contributed by atoms with Crippen LogP contribution in [0.4, 0.5) is 23.4 Å². The highest BCUT2D eigenvalue weighted by molar-refractivity contribution is 6.32. The molecule has 2 N–H and O–H groups in total. The van der Waals surface area contributed by atoms with E-state index in [-0.39, 0.29) is 49.2 Å². The molecule has 2 atom stereocenters. The number of aromatic nitrogens is 3. The number of alkyl halides is 3. The van der Waals surface area contributed by atoms with Gasteiger partial charge in [-0.1, -0.05) is 11.6 Å². The Morgan fingerprint density at radius 1 is 1.16 bits per heavy atom. The molecule has 1 saturated carbocycles. The third kappa shape index (κ3) is 5.67. The minimum Gasteiger partial charge on any atom is -0.508 e. The van der Waals surface area contributed by atoms with E-state index in [0.29, 0.717) is 38.4 Å². The summed E-state index contributed by atoms with van der Waals surface area (Å²) in [5, 5.41) is 12.8. The van der Waals surface area contributed by atoms with Crippen molar-refractivity contribution in [2.75, 3.05) is 57.3 Å². The van der Waals surface area contributed by atoms with Gasteiger partial charge in [-0.3, -0.25) is 9.88 Å². The van der Waals surface area contributed by atoms with Gasteiger partial charge in [-0.2, -0.15) is 23.1 Å². The number of hydrogen-bond donors (Lipinski definition) is 2. The summed E-state index contributed by atoms with van der Waals surface area (Å²) in [6.07, 6.45) is -1.78. The zero-order valence-corrected chi connectivity index (χ0v) is 23.6. The predicted octanol–water partition coefficient (Wildman–Crippen LogP) is 4.64. The lowest BCUT2D eigenvalue weighted by Crippen LogP contribution is -2.51. The topological polar surface area (TPSA) is 95.9 Å². The van der Waals surface area contributed by atoms with Crippen LogP contribution in [-0.2, 0) is 10.9 Å². The van der Waals surface area contributed by atoms with Gasteiger partial charge in [-0.25, -0.2) is 4.39 Å². The molecule has 7 rings (SSSR count). The number of morpholine rings is 1. The van der Waals surface area contributed by atoms with Gasteiger partial charge in [0.15, 0.2) is 5.82 Å². The van der Waals surface area contributed by atoms with Crippen molar-refractivity contribution in [2.24, 2.45) is 5.41 Å². The molecule has 5 heterocycles. The molecule has 4 aliphatic rings. The van der Waals surface area contributed by atoms with E-state index >= 15 is 4.39 Å². The number of rotatable bonds is 7. The van der Waals surface area contributed by atoms with Gasteiger partial charge in [-0.05, 0) is 37.8 Å². The summed E-state index contributed by atoms with van der Waals surface area (Å²) in [6, 6.07) is 1.01. The Hall–Kier alpha value is -3.00. The molecular formula is C29H31ClF4N6O3. The summed E-state index contributed by atoms with van der Waals surface area (Å²) < 4.78 is 106. The van der Waals surface area contributed by atoms with Crippen LogP contribution in [0.15, 0.2) is 18.3 Å². The van der Waals surface area contributed by atoms with Crippen molar-refractivity contribution >= 4 is 28.3 Å². The Balaban J connectivity index is 1.35. The Bertz CT molecular complexity index is 1720. The summed E-state index contributed by atoms with van der Waals surface area (Å²) in [5.74, 6) is -1.77. The Kier molecular flexibility index (Phi) is 6.15.